The first-order valence-corrected chi connectivity index (χ1v) is 10.8. The van der Waals surface area contributed by atoms with Gasteiger partial charge < -0.3 is 5.11 Å². The average molecular weight is 358 g/mol. The molecule has 4 aliphatic carbocycles. The molecule has 4 nitrogen and oxygen atoms in total. The molecule has 0 heterocycles. The van der Waals surface area contributed by atoms with E-state index in [1.165, 1.54) is 38.5 Å². The van der Waals surface area contributed by atoms with Crippen LogP contribution >= 0.6 is 0 Å². The number of aliphatic hydroxyl groups is 1. The van der Waals surface area contributed by atoms with E-state index in [2.05, 4.69) is 36.9 Å². The quantitative estimate of drug-likeness (QED) is 0.292. The van der Waals surface area contributed by atoms with Crippen LogP contribution in [-0.4, -0.2) is 17.8 Å². The summed E-state index contributed by atoms with van der Waals surface area (Å²) in [7, 11) is 0. The summed E-state index contributed by atoms with van der Waals surface area (Å²) in [4.78, 5) is 3.00. The zero-order valence-corrected chi connectivity index (χ0v) is 16.7. The molecule has 0 spiro atoms. The van der Waals surface area contributed by atoms with Crippen LogP contribution in [0.4, 0.5) is 0 Å². The number of rotatable bonds is 3. The molecule has 8 atom stereocenters. The lowest BCUT2D eigenvalue weighted by molar-refractivity contribution is -0.0561. The summed E-state index contributed by atoms with van der Waals surface area (Å²) in [6, 6.07) is 0. The Morgan fingerprint density at radius 2 is 2.04 bits per heavy atom. The molecule has 4 aliphatic rings. The molecule has 0 bridgehead atoms. The third kappa shape index (κ3) is 2.64. The summed E-state index contributed by atoms with van der Waals surface area (Å²) < 4.78 is 0. The van der Waals surface area contributed by atoms with Crippen LogP contribution in [0.15, 0.2) is 16.8 Å². The minimum Gasteiger partial charge on any atom is -0.393 e. The van der Waals surface area contributed by atoms with Gasteiger partial charge in [-0.05, 0) is 97.3 Å². The highest BCUT2D eigenvalue weighted by Gasteiger charge is 2.59. The van der Waals surface area contributed by atoms with Gasteiger partial charge in [0.1, 0.15) is 0 Å². The lowest BCUT2D eigenvalue weighted by Gasteiger charge is -2.58. The second-order valence-electron chi connectivity index (χ2n) is 10.3. The minimum atomic E-state index is -0.114. The first-order valence-electron chi connectivity index (χ1n) is 10.8. The van der Waals surface area contributed by atoms with Crippen LogP contribution < -0.4 is 0 Å². The monoisotopic (exact) mass is 357 g/mol. The van der Waals surface area contributed by atoms with Crippen molar-refractivity contribution >= 4 is 0 Å². The van der Waals surface area contributed by atoms with Gasteiger partial charge in [0.15, 0.2) is 0 Å². The molecule has 144 valence electrons. The maximum Gasteiger partial charge on any atom is 0.0577 e. The number of fused-ring (bicyclic) bond motifs is 5. The Labute approximate surface area is 158 Å². The predicted octanol–water partition coefficient (Wildman–Crippen LogP) is 5.87. The zero-order valence-electron chi connectivity index (χ0n) is 16.7. The summed E-state index contributed by atoms with van der Waals surface area (Å²) in [5.74, 6) is 3.63. The zero-order chi connectivity index (χ0) is 18.5. The van der Waals surface area contributed by atoms with Gasteiger partial charge in [0.2, 0.25) is 0 Å². The fourth-order valence-corrected chi connectivity index (χ4v) is 7.91. The summed E-state index contributed by atoms with van der Waals surface area (Å²) >= 11 is 0. The molecule has 3 fully saturated rings. The standard InChI is InChI=1S/C22H35N3O/c1-14(13-24-25-23)18-6-7-19-17-5-4-15-12-16(26)8-10-21(15,2)20(17)9-11-22(18,19)3/h4,14,16-20,26H,5-13H2,1-3H3/t14-,16+,17?,18?,19?,20?,21+,22-/m1/s1. The Morgan fingerprint density at radius 1 is 1.23 bits per heavy atom. The van der Waals surface area contributed by atoms with Crippen molar-refractivity contribution in [2.24, 2.45) is 45.5 Å². The SMILES string of the molecule is C[C@H](CN=[N+]=[N-])C1CCC2C3CC=C4C[C@@H](O)CC[C@]4(C)C3CC[C@@]21C. The molecule has 4 unspecified atom stereocenters. The van der Waals surface area contributed by atoms with Crippen molar-refractivity contribution in [3.05, 3.63) is 22.1 Å². The van der Waals surface area contributed by atoms with Crippen LogP contribution in [0.2, 0.25) is 0 Å². The highest BCUT2D eigenvalue weighted by atomic mass is 16.3. The van der Waals surface area contributed by atoms with Crippen LogP contribution in [0.25, 0.3) is 10.4 Å². The van der Waals surface area contributed by atoms with Crippen molar-refractivity contribution in [2.45, 2.75) is 78.2 Å². The summed E-state index contributed by atoms with van der Waals surface area (Å²) in [5, 5.41) is 14.0. The van der Waals surface area contributed by atoms with Gasteiger partial charge in [-0.15, -0.1) is 0 Å². The lowest BCUT2D eigenvalue weighted by atomic mass is 9.47. The molecule has 0 aromatic rings. The Kier molecular flexibility index (Phi) is 4.64. The first-order chi connectivity index (χ1) is 12.4. The van der Waals surface area contributed by atoms with Gasteiger partial charge in [0.25, 0.3) is 0 Å². The Morgan fingerprint density at radius 3 is 2.81 bits per heavy atom. The van der Waals surface area contributed by atoms with E-state index in [0.717, 1.165) is 30.6 Å². The number of hydrogen-bond donors (Lipinski definition) is 1. The Balaban J connectivity index is 1.59. The van der Waals surface area contributed by atoms with E-state index >= 15 is 0 Å². The first kappa shape index (κ1) is 18.4. The van der Waals surface area contributed by atoms with Crippen molar-refractivity contribution in [3.8, 4) is 0 Å². The topological polar surface area (TPSA) is 69.0 Å². The maximum absolute atomic E-state index is 10.1. The highest BCUT2D eigenvalue weighted by molar-refractivity contribution is 5.25. The molecule has 3 saturated carbocycles. The van der Waals surface area contributed by atoms with E-state index in [4.69, 9.17) is 5.53 Å². The third-order valence-electron chi connectivity index (χ3n) is 9.27. The molecule has 0 amide bonds. The van der Waals surface area contributed by atoms with Crippen molar-refractivity contribution in [2.75, 3.05) is 6.54 Å². The smallest absolute Gasteiger partial charge is 0.0577 e. The average Bonchev–Trinajstić information content (AvgIpc) is 2.97. The number of aliphatic hydroxyl groups excluding tert-OH is 1. The van der Waals surface area contributed by atoms with Crippen molar-refractivity contribution in [1.29, 1.82) is 0 Å². The fourth-order valence-electron chi connectivity index (χ4n) is 7.91. The molecular weight excluding hydrogens is 322 g/mol. The normalized spacial score (nSPS) is 48.5. The fraction of sp³-hybridized carbons (Fsp3) is 0.909. The minimum absolute atomic E-state index is 0.114. The molecule has 0 saturated heterocycles. The molecule has 0 aromatic heterocycles. The van der Waals surface area contributed by atoms with E-state index < -0.39 is 0 Å². The molecule has 4 heteroatoms. The lowest BCUT2D eigenvalue weighted by Crippen LogP contribution is -2.50. The van der Waals surface area contributed by atoms with Gasteiger partial charge in [-0.2, -0.15) is 0 Å². The molecule has 4 rings (SSSR count). The van der Waals surface area contributed by atoms with E-state index in [9.17, 15) is 5.11 Å². The molecular formula is C22H35N3O. The Bertz CT molecular complexity index is 639. The highest BCUT2D eigenvalue weighted by Crippen LogP contribution is 2.67. The molecule has 0 radical (unpaired) electrons. The van der Waals surface area contributed by atoms with Crippen LogP contribution in [0.1, 0.15) is 72.1 Å². The predicted molar refractivity (Wildman–Crippen MR) is 104 cm³/mol. The van der Waals surface area contributed by atoms with Crippen LogP contribution in [0, 0.1) is 40.4 Å². The molecule has 0 aliphatic heterocycles. The van der Waals surface area contributed by atoms with Gasteiger partial charge >= 0.3 is 0 Å². The molecule has 0 aromatic carbocycles. The van der Waals surface area contributed by atoms with E-state index in [0.29, 0.717) is 29.2 Å². The maximum atomic E-state index is 10.1. The summed E-state index contributed by atoms with van der Waals surface area (Å²) in [6.07, 6.45) is 12.0. The van der Waals surface area contributed by atoms with Crippen LogP contribution in [0.5, 0.6) is 0 Å². The number of nitrogens with zero attached hydrogens (tertiary/aromatic N) is 3. The second-order valence-corrected chi connectivity index (χ2v) is 10.3. The summed E-state index contributed by atoms with van der Waals surface area (Å²) in [6.45, 7) is 7.99. The molecule has 26 heavy (non-hydrogen) atoms. The van der Waals surface area contributed by atoms with Gasteiger partial charge in [0.05, 0.1) is 6.10 Å². The van der Waals surface area contributed by atoms with Crippen molar-refractivity contribution in [1.82, 2.24) is 0 Å². The second kappa shape index (κ2) is 6.56. The number of allylic oxidation sites excluding steroid dienone is 1. The van der Waals surface area contributed by atoms with Crippen LogP contribution in [-0.2, 0) is 0 Å². The van der Waals surface area contributed by atoms with Gasteiger partial charge in [0, 0.05) is 11.5 Å². The van der Waals surface area contributed by atoms with Gasteiger partial charge in [-0.25, -0.2) is 0 Å². The van der Waals surface area contributed by atoms with Crippen molar-refractivity contribution in [3.63, 3.8) is 0 Å². The van der Waals surface area contributed by atoms with E-state index in [1.54, 1.807) is 5.57 Å². The van der Waals surface area contributed by atoms with Gasteiger partial charge in [-0.1, -0.05) is 37.5 Å². The Hall–Kier alpha value is -0.990. The van der Waals surface area contributed by atoms with Crippen LogP contribution in [0.3, 0.4) is 0 Å². The number of hydrogen-bond acceptors (Lipinski definition) is 2. The third-order valence-corrected chi connectivity index (χ3v) is 9.27. The number of azide groups is 1. The summed E-state index contributed by atoms with van der Waals surface area (Å²) in [5.41, 5.74) is 11.0. The van der Waals surface area contributed by atoms with Gasteiger partial charge in [-0.3, -0.25) is 0 Å². The van der Waals surface area contributed by atoms with E-state index in [1.807, 2.05) is 0 Å². The molecule has 1 N–H and O–H groups in total. The van der Waals surface area contributed by atoms with Crippen molar-refractivity contribution < 1.29 is 5.11 Å². The van der Waals surface area contributed by atoms with E-state index in [-0.39, 0.29) is 6.10 Å². The largest absolute Gasteiger partial charge is 0.393 e.